The Labute approximate surface area is 124 Å². The van der Waals surface area contributed by atoms with Gasteiger partial charge in [0.15, 0.2) is 0 Å². The Morgan fingerprint density at radius 3 is 2.40 bits per heavy atom. The lowest BCUT2D eigenvalue weighted by atomic mass is 10.1. The van der Waals surface area contributed by atoms with E-state index in [0.29, 0.717) is 11.5 Å². The number of nitrogens with two attached hydrogens (primary N) is 1. The van der Waals surface area contributed by atoms with E-state index in [2.05, 4.69) is 5.32 Å². The van der Waals surface area contributed by atoms with Crippen molar-refractivity contribution in [3.8, 4) is 0 Å². The average Bonchev–Trinajstić information content (AvgIpc) is 2.44. The van der Waals surface area contributed by atoms with Crippen LogP contribution < -0.4 is 11.1 Å². The summed E-state index contributed by atoms with van der Waals surface area (Å²) < 4.78 is 0. The van der Waals surface area contributed by atoms with E-state index >= 15 is 0 Å². The highest BCUT2D eigenvalue weighted by Crippen LogP contribution is 2.05. The summed E-state index contributed by atoms with van der Waals surface area (Å²) in [5.74, 6) is -0.296. The first-order valence-corrected chi connectivity index (χ1v) is 6.74. The first-order valence-electron chi connectivity index (χ1n) is 6.33. The van der Waals surface area contributed by atoms with Crippen molar-refractivity contribution in [2.75, 3.05) is 20.1 Å². The zero-order chi connectivity index (χ0) is 15.1. The van der Waals surface area contributed by atoms with E-state index in [4.69, 9.17) is 18.0 Å². The van der Waals surface area contributed by atoms with Crippen LogP contribution in [-0.4, -0.2) is 41.8 Å². The molecule has 0 heterocycles. The van der Waals surface area contributed by atoms with Crippen molar-refractivity contribution in [3.63, 3.8) is 0 Å². The standard InChI is InChI=1S/C14H19N3O2S/c1-3-17(2)13(19)9-16-12(18)8-10-4-6-11(7-5-10)14(15)20/h4-7H,3,8-9H2,1-2H3,(H2,15,20)(H,16,18). The highest BCUT2D eigenvalue weighted by molar-refractivity contribution is 7.80. The van der Waals surface area contributed by atoms with Gasteiger partial charge in [0.1, 0.15) is 4.99 Å². The van der Waals surface area contributed by atoms with E-state index in [0.717, 1.165) is 11.1 Å². The fourth-order valence-corrected chi connectivity index (χ4v) is 1.66. The van der Waals surface area contributed by atoms with Gasteiger partial charge in [-0.05, 0) is 12.5 Å². The third-order valence-electron chi connectivity index (χ3n) is 2.94. The molecule has 1 aromatic rings. The molecule has 0 fully saturated rings. The molecule has 6 heteroatoms. The molecule has 0 unspecified atom stereocenters. The van der Waals surface area contributed by atoms with Crippen molar-refractivity contribution >= 4 is 29.0 Å². The molecule has 0 aliphatic rings. The molecule has 1 aromatic carbocycles. The van der Waals surface area contributed by atoms with Crippen LogP contribution in [-0.2, 0) is 16.0 Å². The fourth-order valence-electron chi connectivity index (χ4n) is 1.52. The van der Waals surface area contributed by atoms with Crippen LogP contribution >= 0.6 is 12.2 Å². The van der Waals surface area contributed by atoms with Crippen molar-refractivity contribution < 1.29 is 9.59 Å². The summed E-state index contributed by atoms with van der Waals surface area (Å²) in [4.78, 5) is 25.1. The molecule has 0 aliphatic heterocycles. The van der Waals surface area contributed by atoms with Crippen LogP contribution in [0.1, 0.15) is 18.1 Å². The minimum atomic E-state index is -0.189. The fraction of sp³-hybridized carbons (Fsp3) is 0.357. The molecule has 0 atom stereocenters. The molecule has 0 saturated heterocycles. The largest absolute Gasteiger partial charge is 0.389 e. The van der Waals surface area contributed by atoms with Gasteiger partial charge >= 0.3 is 0 Å². The number of nitrogens with one attached hydrogen (secondary N) is 1. The monoisotopic (exact) mass is 293 g/mol. The first-order chi connectivity index (χ1) is 9.43. The number of hydrogen-bond donors (Lipinski definition) is 2. The summed E-state index contributed by atoms with van der Waals surface area (Å²) in [6, 6.07) is 7.16. The quantitative estimate of drug-likeness (QED) is 0.747. The molecule has 3 N–H and O–H groups in total. The molecule has 0 aromatic heterocycles. The van der Waals surface area contributed by atoms with E-state index in [1.165, 1.54) is 0 Å². The zero-order valence-corrected chi connectivity index (χ0v) is 12.5. The molecule has 108 valence electrons. The highest BCUT2D eigenvalue weighted by Gasteiger charge is 2.09. The molecule has 0 radical (unpaired) electrons. The molecule has 1 rings (SSSR count). The summed E-state index contributed by atoms with van der Waals surface area (Å²) in [5.41, 5.74) is 7.11. The number of likely N-dealkylation sites (N-methyl/N-ethyl adjacent to an activating group) is 1. The Kier molecular flexibility index (Phi) is 6.11. The van der Waals surface area contributed by atoms with Gasteiger partial charge in [-0.3, -0.25) is 9.59 Å². The molecule has 0 bridgehead atoms. The Morgan fingerprint density at radius 2 is 1.90 bits per heavy atom. The maximum Gasteiger partial charge on any atom is 0.241 e. The lowest BCUT2D eigenvalue weighted by molar-refractivity contribution is -0.131. The minimum Gasteiger partial charge on any atom is -0.389 e. The van der Waals surface area contributed by atoms with Gasteiger partial charge in [-0.15, -0.1) is 0 Å². The lowest BCUT2D eigenvalue weighted by Gasteiger charge is -2.14. The number of rotatable bonds is 6. The Balaban J connectivity index is 2.46. The summed E-state index contributed by atoms with van der Waals surface area (Å²) in [6.07, 6.45) is 0.223. The molecule has 20 heavy (non-hydrogen) atoms. The van der Waals surface area contributed by atoms with Crippen LogP contribution in [0, 0.1) is 0 Å². The number of carbonyl (C=O) groups is 2. The number of nitrogens with zero attached hydrogens (tertiary/aromatic N) is 1. The van der Waals surface area contributed by atoms with Gasteiger partial charge in [0, 0.05) is 19.2 Å². The summed E-state index contributed by atoms with van der Waals surface area (Å²) in [5, 5.41) is 2.60. The number of thiocarbonyl (C=S) groups is 1. The zero-order valence-electron chi connectivity index (χ0n) is 11.7. The van der Waals surface area contributed by atoms with Gasteiger partial charge < -0.3 is 16.0 Å². The Hall–Kier alpha value is -1.95. The maximum absolute atomic E-state index is 11.7. The topological polar surface area (TPSA) is 75.4 Å². The smallest absolute Gasteiger partial charge is 0.241 e. The van der Waals surface area contributed by atoms with E-state index in [9.17, 15) is 9.59 Å². The summed E-state index contributed by atoms with van der Waals surface area (Å²) >= 11 is 4.86. The van der Waals surface area contributed by atoms with Crippen LogP contribution in [0.5, 0.6) is 0 Å². The number of carbonyl (C=O) groups excluding carboxylic acids is 2. The van der Waals surface area contributed by atoms with Crippen LogP contribution in [0.4, 0.5) is 0 Å². The van der Waals surface area contributed by atoms with Crippen molar-refractivity contribution in [1.82, 2.24) is 10.2 Å². The predicted octanol–water partition coefficient (Wildman–Crippen LogP) is 0.458. The van der Waals surface area contributed by atoms with Crippen LogP contribution in [0.2, 0.25) is 0 Å². The van der Waals surface area contributed by atoms with Gasteiger partial charge in [0.05, 0.1) is 13.0 Å². The van der Waals surface area contributed by atoms with Gasteiger partial charge in [0.2, 0.25) is 11.8 Å². The van der Waals surface area contributed by atoms with Gasteiger partial charge in [-0.1, -0.05) is 36.5 Å². The maximum atomic E-state index is 11.7. The summed E-state index contributed by atoms with van der Waals surface area (Å²) in [6.45, 7) is 2.52. The minimum absolute atomic E-state index is 0.0220. The average molecular weight is 293 g/mol. The SMILES string of the molecule is CCN(C)C(=O)CNC(=O)Cc1ccc(C(N)=S)cc1. The van der Waals surface area contributed by atoms with Crippen molar-refractivity contribution in [2.24, 2.45) is 5.73 Å². The van der Waals surface area contributed by atoms with Crippen molar-refractivity contribution in [3.05, 3.63) is 35.4 Å². The van der Waals surface area contributed by atoms with Crippen LogP contribution in [0.3, 0.4) is 0 Å². The molecule has 0 saturated carbocycles. The predicted molar refractivity (Wildman–Crippen MR) is 82.4 cm³/mol. The molecule has 0 spiro atoms. The van der Waals surface area contributed by atoms with Crippen LogP contribution in [0.25, 0.3) is 0 Å². The third-order valence-corrected chi connectivity index (χ3v) is 3.18. The van der Waals surface area contributed by atoms with E-state index in [1.807, 2.05) is 6.92 Å². The Morgan fingerprint density at radius 1 is 1.30 bits per heavy atom. The highest BCUT2D eigenvalue weighted by atomic mass is 32.1. The molecule has 5 nitrogen and oxygen atoms in total. The van der Waals surface area contributed by atoms with Crippen molar-refractivity contribution in [1.29, 1.82) is 0 Å². The van der Waals surface area contributed by atoms with Crippen LogP contribution in [0.15, 0.2) is 24.3 Å². The number of amides is 2. The van der Waals surface area contributed by atoms with Gasteiger partial charge in [-0.25, -0.2) is 0 Å². The normalized spacial score (nSPS) is 9.90. The van der Waals surface area contributed by atoms with E-state index < -0.39 is 0 Å². The second kappa shape index (κ2) is 7.59. The van der Waals surface area contributed by atoms with E-state index in [-0.39, 0.29) is 24.8 Å². The second-order valence-corrected chi connectivity index (χ2v) is 4.86. The third kappa shape index (κ3) is 4.97. The van der Waals surface area contributed by atoms with Gasteiger partial charge in [-0.2, -0.15) is 0 Å². The van der Waals surface area contributed by atoms with Gasteiger partial charge in [0.25, 0.3) is 0 Å². The number of benzene rings is 1. The lowest BCUT2D eigenvalue weighted by Crippen LogP contribution is -2.38. The van der Waals surface area contributed by atoms with Crippen molar-refractivity contribution in [2.45, 2.75) is 13.3 Å². The summed E-state index contributed by atoms with van der Waals surface area (Å²) in [7, 11) is 1.70. The Bertz CT molecular complexity index is 500. The molecule has 0 aliphatic carbocycles. The molecule has 2 amide bonds. The molecular formula is C14H19N3O2S. The second-order valence-electron chi connectivity index (χ2n) is 4.42. The molecular weight excluding hydrogens is 274 g/mol. The number of hydrogen-bond acceptors (Lipinski definition) is 3. The van der Waals surface area contributed by atoms with E-state index in [1.54, 1.807) is 36.2 Å². The first kappa shape index (κ1) is 16.1.